The first-order valence-electron chi connectivity index (χ1n) is 5.22. The Kier molecular flexibility index (Phi) is 2.45. The van der Waals surface area contributed by atoms with Crippen LogP contribution in [0, 0.1) is 5.82 Å². The minimum Gasteiger partial charge on any atom is -0.407 e. The van der Waals surface area contributed by atoms with Crippen LogP contribution in [0.15, 0.2) is 45.6 Å². The molecule has 5 heteroatoms. The van der Waals surface area contributed by atoms with E-state index in [2.05, 4.69) is 4.98 Å². The maximum atomic E-state index is 12.9. The molecule has 0 aliphatic heterocycles. The Morgan fingerprint density at radius 2 is 1.89 bits per heavy atom. The second-order valence-corrected chi connectivity index (χ2v) is 4.29. The van der Waals surface area contributed by atoms with Gasteiger partial charge in [-0.25, -0.2) is 9.18 Å². The highest BCUT2D eigenvalue weighted by molar-refractivity contribution is 6.31. The van der Waals surface area contributed by atoms with Gasteiger partial charge in [0.2, 0.25) is 0 Å². The molecule has 3 rings (SSSR count). The summed E-state index contributed by atoms with van der Waals surface area (Å²) in [5.74, 6) is -0.872. The first-order valence-corrected chi connectivity index (χ1v) is 5.59. The van der Waals surface area contributed by atoms with Gasteiger partial charge >= 0.3 is 5.76 Å². The van der Waals surface area contributed by atoms with Crippen LogP contribution in [0.25, 0.3) is 22.2 Å². The zero-order chi connectivity index (χ0) is 12.7. The molecular formula is C13H7ClFNO2. The fourth-order valence-electron chi connectivity index (χ4n) is 1.87. The molecule has 0 aliphatic carbocycles. The van der Waals surface area contributed by atoms with Crippen LogP contribution in [0.3, 0.4) is 0 Å². The number of rotatable bonds is 1. The van der Waals surface area contributed by atoms with Gasteiger partial charge in [0.25, 0.3) is 0 Å². The van der Waals surface area contributed by atoms with E-state index in [0.29, 0.717) is 21.7 Å². The summed E-state index contributed by atoms with van der Waals surface area (Å²) in [6.07, 6.45) is 0. The summed E-state index contributed by atoms with van der Waals surface area (Å²) < 4.78 is 18.0. The highest BCUT2D eigenvalue weighted by atomic mass is 35.5. The molecule has 0 fully saturated rings. The molecule has 0 aliphatic rings. The van der Waals surface area contributed by atoms with Crippen molar-refractivity contribution in [3.63, 3.8) is 0 Å². The highest BCUT2D eigenvalue weighted by Gasteiger charge is 2.10. The lowest BCUT2D eigenvalue weighted by Gasteiger charge is -2.03. The van der Waals surface area contributed by atoms with Crippen molar-refractivity contribution in [3.8, 4) is 11.1 Å². The molecule has 0 saturated heterocycles. The van der Waals surface area contributed by atoms with Gasteiger partial charge < -0.3 is 4.42 Å². The van der Waals surface area contributed by atoms with E-state index in [9.17, 15) is 9.18 Å². The van der Waals surface area contributed by atoms with Crippen LogP contribution in [-0.4, -0.2) is 4.98 Å². The van der Waals surface area contributed by atoms with Crippen molar-refractivity contribution in [1.82, 2.24) is 4.98 Å². The van der Waals surface area contributed by atoms with E-state index in [1.807, 2.05) is 0 Å². The maximum absolute atomic E-state index is 12.9. The number of fused-ring (bicyclic) bond motifs is 1. The number of benzene rings is 2. The molecule has 2 aromatic carbocycles. The average Bonchev–Trinajstić information content (AvgIpc) is 2.69. The van der Waals surface area contributed by atoms with Crippen molar-refractivity contribution in [2.75, 3.05) is 0 Å². The smallest absolute Gasteiger partial charge is 0.407 e. The van der Waals surface area contributed by atoms with Crippen molar-refractivity contribution in [2.24, 2.45) is 0 Å². The van der Waals surface area contributed by atoms with Crippen LogP contribution < -0.4 is 5.76 Å². The van der Waals surface area contributed by atoms with Gasteiger partial charge in [0, 0.05) is 10.6 Å². The van der Waals surface area contributed by atoms with Crippen molar-refractivity contribution < 1.29 is 8.81 Å². The van der Waals surface area contributed by atoms with Crippen molar-refractivity contribution in [3.05, 3.63) is 57.8 Å². The second kappa shape index (κ2) is 3.99. The molecule has 0 saturated carbocycles. The van der Waals surface area contributed by atoms with Crippen LogP contribution in [0.5, 0.6) is 0 Å². The number of H-pyrrole nitrogens is 1. The van der Waals surface area contributed by atoms with E-state index in [1.165, 1.54) is 12.1 Å². The Morgan fingerprint density at radius 1 is 1.17 bits per heavy atom. The van der Waals surface area contributed by atoms with E-state index in [-0.39, 0.29) is 5.82 Å². The fourth-order valence-corrected chi connectivity index (χ4v) is 2.09. The van der Waals surface area contributed by atoms with Crippen molar-refractivity contribution >= 4 is 22.7 Å². The topological polar surface area (TPSA) is 46.0 Å². The van der Waals surface area contributed by atoms with E-state index < -0.39 is 5.76 Å². The van der Waals surface area contributed by atoms with E-state index in [1.54, 1.807) is 24.3 Å². The first-order chi connectivity index (χ1) is 8.63. The van der Waals surface area contributed by atoms with Gasteiger partial charge in [-0.15, -0.1) is 0 Å². The van der Waals surface area contributed by atoms with E-state index in [4.69, 9.17) is 16.0 Å². The lowest BCUT2D eigenvalue weighted by molar-refractivity contribution is 0.556. The second-order valence-electron chi connectivity index (χ2n) is 3.85. The molecule has 90 valence electrons. The number of nitrogens with one attached hydrogen (secondary N) is 1. The van der Waals surface area contributed by atoms with Gasteiger partial charge in [-0.1, -0.05) is 23.7 Å². The third-order valence-corrected chi connectivity index (χ3v) is 2.86. The van der Waals surface area contributed by atoms with Gasteiger partial charge in [-0.2, -0.15) is 0 Å². The lowest BCUT2D eigenvalue weighted by Crippen LogP contribution is -1.92. The summed E-state index contributed by atoms with van der Waals surface area (Å²) in [4.78, 5) is 13.8. The monoisotopic (exact) mass is 263 g/mol. The number of aromatic amines is 1. The Morgan fingerprint density at radius 3 is 2.61 bits per heavy atom. The Labute approximate surface area is 106 Å². The molecule has 3 nitrogen and oxygen atoms in total. The molecule has 0 radical (unpaired) electrons. The van der Waals surface area contributed by atoms with Crippen LogP contribution in [0.1, 0.15) is 0 Å². The summed E-state index contributed by atoms with van der Waals surface area (Å²) >= 11 is 5.98. The number of hydrogen-bond acceptors (Lipinski definition) is 2. The zero-order valence-corrected chi connectivity index (χ0v) is 9.79. The van der Waals surface area contributed by atoms with Crippen LogP contribution in [0.2, 0.25) is 5.02 Å². The lowest BCUT2D eigenvalue weighted by atomic mass is 10.0. The largest absolute Gasteiger partial charge is 0.417 e. The Bertz CT molecular complexity index is 774. The summed E-state index contributed by atoms with van der Waals surface area (Å²) in [5, 5.41) is 0.471. The van der Waals surface area contributed by atoms with Gasteiger partial charge in [0.05, 0.1) is 5.52 Å². The molecule has 0 unspecified atom stereocenters. The van der Waals surface area contributed by atoms with Gasteiger partial charge in [0.1, 0.15) is 5.82 Å². The Balaban J connectivity index is 2.33. The zero-order valence-electron chi connectivity index (χ0n) is 9.04. The molecule has 0 amide bonds. The molecule has 1 heterocycles. The average molecular weight is 264 g/mol. The highest BCUT2D eigenvalue weighted by Crippen LogP contribution is 2.30. The number of halogens is 2. The fraction of sp³-hybridized carbons (Fsp3) is 0. The normalized spacial score (nSPS) is 11.0. The standard InChI is InChI=1S/C13H7ClFNO2/c14-8-5-10(7-1-3-9(15)4-2-7)12-11(6-8)16-13(17)18-12/h1-6H,(H,16,17). The molecule has 0 spiro atoms. The quantitative estimate of drug-likeness (QED) is 0.729. The predicted octanol–water partition coefficient (Wildman–Crippen LogP) is 3.58. The maximum Gasteiger partial charge on any atom is 0.417 e. The molecule has 1 aromatic heterocycles. The van der Waals surface area contributed by atoms with Crippen molar-refractivity contribution in [1.29, 1.82) is 0 Å². The number of aromatic nitrogens is 1. The van der Waals surface area contributed by atoms with E-state index >= 15 is 0 Å². The Hall–Kier alpha value is -2.07. The SMILES string of the molecule is O=c1[nH]c2cc(Cl)cc(-c3ccc(F)cc3)c2o1. The molecule has 1 N–H and O–H groups in total. The first kappa shape index (κ1) is 11.0. The van der Waals surface area contributed by atoms with Crippen LogP contribution in [-0.2, 0) is 0 Å². The molecule has 18 heavy (non-hydrogen) atoms. The number of oxazole rings is 1. The molecule has 0 atom stereocenters. The predicted molar refractivity (Wildman–Crippen MR) is 67.2 cm³/mol. The van der Waals surface area contributed by atoms with Gasteiger partial charge in [-0.3, -0.25) is 4.98 Å². The minimum absolute atomic E-state index is 0.326. The third kappa shape index (κ3) is 1.80. The minimum atomic E-state index is -0.546. The van der Waals surface area contributed by atoms with Gasteiger partial charge in [-0.05, 0) is 29.8 Å². The van der Waals surface area contributed by atoms with Crippen LogP contribution in [0.4, 0.5) is 4.39 Å². The summed E-state index contributed by atoms with van der Waals surface area (Å²) in [5.41, 5.74) is 2.31. The molecule has 3 aromatic rings. The van der Waals surface area contributed by atoms with Gasteiger partial charge in [0.15, 0.2) is 5.58 Å². The third-order valence-electron chi connectivity index (χ3n) is 2.64. The summed E-state index contributed by atoms with van der Waals surface area (Å²) in [6.45, 7) is 0. The van der Waals surface area contributed by atoms with Crippen molar-refractivity contribution in [2.45, 2.75) is 0 Å². The summed E-state index contributed by atoms with van der Waals surface area (Å²) in [7, 11) is 0. The number of hydrogen-bond donors (Lipinski definition) is 1. The van der Waals surface area contributed by atoms with Crippen LogP contribution >= 0.6 is 11.6 Å². The summed E-state index contributed by atoms with van der Waals surface area (Å²) in [6, 6.07) is 9.17. The van der Waals surface area contributed by atoms with E-state index in [0.717, 1.165) is 5.56 Å². The molecular weight excluding hydrogens is 257 g/mol. The molecule has 0 bridgehead atoms.